The molecule has 0 radical (unpaired) electrons. The molecule has 0 spiro atoms. The number of benzene rings is 3. The second-order valence-electron chi connectivity index (χ2n) is 7.61. The first kappa shape index (κ1) is 18.2. The first-order valence-corrected chi connectivity index (χ1v) is 9.73. The standard InChI is InChI=1S/C27H25N/c1-18-13-19(2)27(20(3)14-18)25-16-26(28-17-21(25)4)24-12-8-11-23(15-24)22-9-6-5-7-10-22/h5-17H,1-4H3. The van der Waals surface area contributed by atoms with Gasteiger partial charge in [-0.2, -0.15) is 0 Å². The maximum Gasteiger partial charge on any atom is 0.0708 e. The van der Waals surface area contributed by atoms with Gasteiger partial charge in [0.1, 0.15) is 0 Å². The molecule has 4 rings (SSSR count). The molecule has 0 N–H and O–H groups in total. The molecule has 0 aliphatic heterocycles. The van der Waals surface area contributed by atoms with Crippen molar-refractivity contribution in [3.05, 3.63) is 101 Å². The zero-order chi connectivity index (χ0) is 19.7. The molecule has 28 heavy (non-hydrogen) atoms. The summed E-state index contributed by atoms with van der Waals surface area (Å²) in [4.78, 5) is 4.75. The van der Waals surface area contributed by atoms with Crippen molar-refractivity contribution in [1.82, 2.24) is 4.98 Å². The molecule has 0 fully saturated rings. The summed E-state index contributed by atoms with van der Waals surface area (Å²) >= 11 is 0. The summed E-state index contributed by atoms with van der Waals surface area (Å²) in [7, 11) is 0. The molecule has 1 aromatic heterocycles. The van der Waals surface area contributed by atoms with Crippen molar-refractivity contribution in [3.8, 4) is 33.5 Å². The van der Waals surface area contributed by atoms with Crippen molar-refractivity contribution < 1.29 is 0 Å². The highest BCUT2D eigenvalue weighted by atomic mass is 14.7. The van der Waals surface area contributed by atoms with Crippen molar-refractivity contribution in [2.75, 3.05) is 0 Å². The molecular formula is C27H25N. The van der Waals surface area contributed by atoms with Gasteiger partial charge >= 0.3 is 0 Å². The van der Waals surface area contributed by atoms with Crippen LogP contribution in [0, 0.1) is 27.7 Å². The van der Waals surface area contributed by atoms with E-state index in [-0.39, 0.29) is 0 Å². The molecule has 0 unspecified atom stereocenters. The van der Waals surface area contributed by atoms with Crippen LogP contribution in [0.1, 0.15) is 22.3 Å². The lowest BCUT2D eigenvalue weighted by Crippen LogP contribution is -1.95. The molecule has 138 valence electrons. The molecule has 4 aromatic rings. The molecule has 0 aliphatic rings. The minimum absolute atomic E-state index is 1.01. The predicted molar refractivity (Wildman–Crippen MR) is 119 cm³/mol. The van der Waals surface area contributed by atoms with Crippen LogP contribution in [0.3, 0.4) is 0 Å². The van der Waals surface area contributed by atoms with Gasteiger partial charge in [-0.25, -0.2) is 0 Å². The van der Waals surface area contributed by atoms with E-state index in [1.807, 2.05) is 12.3 Å². The van der Waals surface area contributed by atoms with Gasteiger partial charge in [0.15, 0.2) is 0 Å². The average Bonchev–Trinajstić information content (AvgIpc) is 2.69. The maximum absolute atomic E-state index is 4.75. The van der Waals surface area contributed by atoms with Crippen LogP contribution in [-0.4, -0.2) is 4.98 Å². The van der Waals surface area contributed by atoms with Gasteiger partial charge < -0.3 is 0 Å². The highest BCUT2D eigenvalue weighted by molar-refractivity contribution is 5.79. The summed E-state index contributed by atoms with van der Waals surface area (Å²) in [6, 6.07) is 25.9. The highest BCUT2D eigenvalue weighted by Crippen LogP contribution is 2.34. The maximum atomic E-state index is 4.75. The lowest BCUT2D eigenvalue weighted by atomic mass is 9.91. The normalized spacial score (nSPS) is 10.9. The second kappa shape index (κ2) is 7.44. The summed E-state index contributed by atoms with van der Waals surface area (Å²) in [6.07, 6.45) is 2.00. The van der Waals surface area contributed by atoms with Crippen molar-refractivity contribution in [2.24, 2.45) is 0 Å². The van der Waals surface area contributed by atoms with Crippen molar-refractivity contribution in [2.45, 2.75) is 27.7 Å². The molecular weight excluding hydrogens is 338 g/mol. The monoisotopic (exact) mass is 363 g/mol. The Morgan fingerprint density at radius 2 is 1.21 bits per heavy atom. The number of rotatable bonds is 3. The number of hydrogen-bond donors (Lipinski definition) is 0. The van der Waals surface area contributed by atoms with Crippen molar-refractivity contribution >= 4 is 0 Å². The van der Waals surface area contributed by atoms with Gasteiger partial charge in [-0.1, -0.05) is 66.2 Å². The smallest absolute Gasteiger partial charge is 0.0708 e. The van der Waals surface area contributed by atoms with Crippen molar-refractivity contribution in [1.29, 1.82) is 0 Å². The van der Waals surface area contributed by atoms with E-state index in [1.165, 1.54) is 44.5 Å². The fourth-order valence-electron chi connectivity index (χ4n) is 4.04. The topological polar surface area (TPSA) is 12.9 Å². The van der Waals surface area contributed by atoms with E-state index in [9.17, 15) is 0 Å². The minimum Gasteiger partial charge on any atom is -0.256 e. The van der Waals surface area contributed by atoms with Crippen LogP contribution in [0.4, 0.5) is 0 Å². The highest BCUT2D eigenvalue weighted by Gasteiger charge is 2.12. The Morgan fingerprint density at radius 3 is 1.93 bits per heavy atom. The largest absolute Gasteiger partial charge is 0.256 e. The van der Waals surface area contributed by atoms with Crippen LogP contribution < -0.4 is 0 Å². The van der Waals surface area contributed by atoms with E-state index < -0.39 is 0 Å². The summed E-state index contributed by atoms with van der Waals surface area (Å²) in [5, 5.41) is 0. The van der Waals surface area contributed by atoms with E-state index in [2.05, 4.69) is 94.4 Å². The number of hydrogen-bond acceptors (Lipinski definition) is 1. The zero-order valence-corrected chi connectivity index (χ0v) is 17.0. The molecule has 0 amide bonds. The molecule has 0 aliphatic carbocycles. The second-order valence-corrected chi connectivity index (χ2v) is 7.61. The average molecular weight is 364 g/mol. The molecule has 1 heterocycles. The van der Waals surface area contributed by atoms with Crippen LogP contribution in [0.2, 0.25) is 0 Å². The summed E-state index contributed by atoms with van der Waals surface area (Å²) in [5.41, 5.74) is 12.3. The Labute approximate surface area is 167 Å². The van der Waals surface area contributed by atoms with Gasteiger partial charge in [0.2, 0.25) is 0 Å². The third kappa shape index (κ3) is 3.48. The Hall–Kier alpha value is -3.19. The summed E-state index contributed by atoms with van der Waals surface area (Å²) in [5.74, 6) is 0. The van der Waals surface area contributed by atoms with Gasteiger partial charge in [-0.15, -0.1) is 0 Å². The lowest BCUT2D eigenvalue weighted by molar-refractivity contribution is 1.25. The number of nitrogens with zero attached hydrogens (tertiary/aromatic N) is 1. The van der Waals surface area contributed by atoms with E-state index >= 15 is 0 Å². The van der Waals surface area contributed by atoms with Crippen LogP contribution in [0.25, 0.3) is 33.5 Å². The molecule has 0 atom stereocenters. The van der Waals surface area contributed by atoms with Gasteiger partial charge in [-0.3, -0.25) is 4.98 Å². The van der Waals surface area contributed by atoms with Crippen LogP contribution in [-0.2, 0) is 0 Å². The first-order chi connectivity index (χ1) is 13.5. The zero-order valence-electron chi connectivity index (χ0n) is 17.0. The quantitative estimate of drug-likeness (QED) is 0.372. The Kier molecular flexibility index (Phi) is 4.83. The number of aromatic nitrogens is 1. The molecule has 1 heteroatoms. The van der Waals surface area contributed by atoms with Gasteiger partial charge in [0.05, 0.1) is 5.69 Å². The van der Waals surface area contributed by atoms with E-state index in [0.29, 0.717) is 0 Å². The van der Waals surface area contributed by atoms with Crippen LogP contribution >= 0.6 is 0 Å². The fraction of sp³-hybridized carbons (Fsp3) is 0.148. The van der Waals surface area contributed by atoms with Gasteiger partial charge in [0, 0.05) is 11.8 Å². The SMILES string of the molecule is Cc1cc(C)c(-c2cc(-c3cccc(-c4ccccc4)c3)ncc2C)c(C)c1. The van der Waals surface area contributed by atoms with E-state index in [0.717, 1.165) is 11.3 Å². The summed E-state index contributed by atoms with van der Waals surface area (Å²) < 4.78 is 0. The van der Waals surface area contributed by atoms with Gasteiger partial charge in [0.25, 0.3) is 0 Å². The lowest BCUT2D eigenvalue weighted by Gasteiger charge is -2.15. The van der Waals surface area contributed by atoms with Crippen molar-refractivity contribution in [3.63, 3.8) is 0 Å². The van der Waals surface area contributed by atoms with E-state index in [4.69, 9.17) is 4.98 Å². The Balaban J connectivity index is 1.83. The fourth-order valence-corrected chi connectivity index (χ4v) is 4.04. The predicted octanol–water partition coefficient (Wildman–Crippen LogP) is 7.32. The Bertz CT molecular complexity index is 1120. The molecule has 0 saturated heterocycles. The minimum atomic E-state index is 1.01. The molecule has 0 bridgehead atoms. The number of aryl methyl sites for hydroxylation is 4. The molecule has 0 saturated carbocycles. The number of pyridine rings is 1. The third-order valence-electron chi connectivity index (χ3n) is 5.32. The van der Waals surface area contributed by atoms with Gasteiger partial charge in [-0.05, 0) is 78.8 Å². The Morgan fingerprint density at radius 1 is 0.571 bits per heavy atom. The van der Waals surface area contributed by atoms with E-state index in [1.54, 1.807) is 0 Å². The third-order valence-corrected chi connectivity index (χ3v) is 5.32. The first-order valence-electron chi connectivity index (χ1n) is 9.73. The molecule has 1 nitrogen and oxygen atoms in total. The molecule has 3 aromatic carbocycles. The summed E-state index contributed by atoms with van der Waals surface area (Å²) in [6.45, 7) is 8.70. The van der Waals surface area contributed by atoms with Crippen LogP contribution in [0.15, 0.2) is 79.0 Å². The van der Waals surface area contributed by atoms with Crippen LogP contribution in [0.5, 0.6) is 0 Å².